The first kappa shape index (κ1) is 23.3. The van der Waals surface area contributed by atoms with Crippen molar-refractivity contribution in [2.24, 2.45) is 0 Å². The van der Waals surface area contributed by atoms with Crippen LogP contribution < -0.4 is 5.32 Å². The molecule has 0 aromatic heterocycles. The molecule has 156 valence electrons. The second kappa shape index (κ2) is 11.3. The van der Waals surface area contributed by atoms with Gasteiger partial charge in [0.15, 0.2) is 0 Å². The number of amides is 2. The summed E-state index contributed by atoms with van der Waals surface area (Å²) >= 11 is 7.66. The smallest absolute Gasteiger partial charge is 0.242 e. The van der Waals surface area contributed by atoms with Crippen LogP contribution in [-0.4, -0.2) is 35.1 Å². The summed E-state index contributed by atoms with van der Waals surface area (Å²) in [6, 6.07) is 13.3. The highest BCUT2D eigenvalue weighted by atomic mass is 35.5. The Labute approximate surface area is 183 Å². The largest absolute Gasteiger partial charge is 0.355 e. The summed E-state index contributed by atoms with van der Waals surface area (Å²) in [7, 11) is 0. The maximum absolute atomic E-state index is 13.0. The van der Waals surface area contributed by atoms with Crippen LogP contribution in [0.1, 0.15) is 36.1 Å². The molecule has 0 aliphatic rings. The number of thioether (sulfide) groups is 1. The zero-order chi connectivity index (χ0) is 21.4. The SMILES string of the molecule is CCNC(=O)[C@@H](C)N(Cc1cccc(Cl)c1)C(=O)CSCc1cc(C)cc(C)c1. The van der Waals surface area contributed by atoms with E-state index in [0.717, 1.165) is 11.3 Å². The normalized spacial score (nSPS) is 11.8. The molecule has 2 amide bonds. The van der Waals surface area contributed by atoms with Gasteiger partial charge in [-0.25, -0.2) is 0 Å². The van der Waals surface area contributed by atoms with Crippen LogP contribution in [0.15, 0.2) is 42.5 Å². The highest BCUT2D eigenvalue weighted by molar-refractivity contribution is 7.99. The van der Waals surface area contributed by atoms with E-state index in [1.807, 2.05) is 25.1 Å². The monoisotopic (exact) mass is 432 g/mol. The van der Waals surface area contributed by atoms with Crippen LogP contribution in [0.25, 0.3) is 0 Å². The van der Waals surface area contributed by atoms with Gasteiger partial charge >= 0.3 is 0 Å². The van der Waals surface area contributed by atoms with Crippen molar-refractivity contribution < 1.29 is 9.59 Å². The minimum Gasteiger partial charge on any atom is -0.355 e. The van der Waals surface area contributed by atoms with Crippen LogP contribution in [0.2, 0.25) is 5.02 Å². The predicted molar refractivity (Wildman–Crippen MR) is 122 cm³/mol. The number of carbonyl (C=O) groups is 2. The van der Waals surface area contributed by atoms with E-state index in [4.69, 9.17) is 11.6 Å². The zero-order valence-corrected chi connectivity index (χ0v) is 19.1. The average Bonchev–Trinajstić information content (AvgIpc) is 2.65. The van der Waals surface area contributed by atoms with Gasteiger partial charge < -0.3 is 10.2 Å². The maximum atomic E-state index is 13.0. The van der Waals surface area contributed by atoms with E-state index < -0.39 is 6.04 Å². The summed E-state index contributed by atoms with van der Waals surface area (Å²) in [5, 5.41) is 3.42. The van der Waals surface area contributed by atoms with Gasteiger partial charge in [0.2, 0.25) is 11.8 Å². The molecule has 0 unspecified atom stereocenters. The van der Waals surface area contributed by atoms with E-state index in [1.165, 1.54) is 16.7 Å². The molecule has 0 heterocycles. The molecule has 29 heavy (non-hydrogen) atoms. The van der Waals surface area contributed by atoms with Gasteiger partial charge in [-0.3, -0.25) is 9.59 Å². The molecule has 0 spiro atoms. The summed E-state index contributed by atoms with van der Waals surface area (Å²) in [4.78, 5) is 27.0. The first-order valence-corrected chi connectivity index (χ1v) is 11.3. The second-order valence-corrected chi connectivity index (χ2v) is 8.63. The summed E-state index contributed by atoms with van der Waals surface area (Å²) in [6.07, 6.45) is 0. The van der Waals surface area contributed by atoms with E-state index in [0.29, 0.717) is 23.9 Å². The zero-order valence-electron chi connectivity index (χ0n) is 17.5. The molecule has 0 aliphatic carbocycles. The Kier molecular flexibility index (Phi) is 9.05. The number of halogens is 1. The molecule has 0 saturated carbocycles. The lowest BCUT2D eigenvalue weighted by atomic mass is 10.1. The minimum atomic E-state index is -0.553. The summed E-state index contributed by atoms with van der Waals surface area (Å²) in [5.74, 6) is 0.867. The van der Waals surface area contributed by atoms with Crippen molar-refractivity contribution in [3.63, 3.8) is 0 Å². The molecule has 4 nitrogen and oxygen atoms in total. The number of hydrogen-bond acceptors (Lipinski definition) is 3. The fourth-order valence-electron chi connectivity index (χ4n) is 3.23. The number of likely N-dealkylation sites (N-methyl/N-ethyl adjacent to an activating group) is 1. The topological polar surface area (TPSA) is 49.4 Å². The van der Waals surface area contributed by atoms with E-state index in [-0.39, 0.29) is 11.8 Å². The van der Waals surface area contributed by atoms with Gasteiger partial charge in [0.05, 0.1) is 5.75 Å². The van der Waals surface area contributed by atoms with Crippen molar-refractivity contribution in [2.75, 3.05) is 12.3 Å². The third kappa shape index (κ3) is 7.41. The van der Waals surface area contributed by atoms with Gasteiger partial charge in [-0.1, -0.05) is 53.1 Å². The molecule has 0 saturated heterocycles. The van der Waals surface area contributed by atoms with Crippen molar-refractivity contribution in [2.45, 2.75) is 46.0 Å². The first-order valence-electron chi connectivity index (χ1n) is 9.76. The minimum absolute atomic E-state index is 0.0573. The van der Waals surface area contributed by atoms with Crippen LogP contribution in [0.3, 0.4) is 0 Å². The highest BCUT2D eigenvalue weighted by Crippen LogP contribution is 2.19. The molecule has 2 aromatic rings. The molecule has 2 aromatic carbocycles. The number of aryl methyl sites for hydroxylation is 2. The quantitative estimate of drug-likeness (QED) is 0.622. The standard InChI is InChI=1S/C23H29ClN2O2S/c1-5-25-23(28)18(4)26(13-19-7-6-8-21(24)12-19)22(27)15-29-14-20-10-16(2)9-17(3)11-20/h6-12,18H,5,13-15H2,1-4H3,(H,25,28)/t18-/m1/s1. The fourth-order valence-corrected chi connectivity index (χ4v) is 4.29. The van der Waals surface area contributed by atoms with Crippen molar-refractivity contribution in [3.05, 3.63) is 69.7 Å². The Balaban J connectivity index is 2.07. The fraction of sp³-hybridized carbons (Fsp3) is 0.391. The summed E-state index contributed by atoms with van der Waals surface area (Å²) in [6.45, 7) is 8.67. The van der Waals surface area contributed by atoms with Gasteiger partial charge in [0, 0.05) is 23.9 Å². The highest BCUT2D eigenvalue weighted by Gasteiger charge is 2.25. The average molecular weight is 433 g/mol. The Morgan fingerprint density at radius 2 is 1.79 bits per heavy atom. The molecule has 0 fully saturated rings. The first-order chi connectivity index (χ1) is 13.8. The van der Waals surface area contributed by atoms with Gasteiger partial charge in [-0.15, -0.1) is 11.8 Å². The van der Waals surface area contributed by atoms with Gasteiger partial charge in [0.1, 0.15) is 6.04 Å². The second-order valence-electron chi connectivity index (χ2n) is 7.21. The predicted octanol–water partition coefficient (Wildman–Crippen LogP) is 4.74. The number of hydrogen-bond donors (Lipinski definition) is 1. The molecule has 6 heteroatoms. The van der Waals surface area contributed by atoms with Crippen LogP contribution in [0.4, 0.5) is 0 Å². The molecular formula is C23H29ClN2O2S. The third-order valence-corrected chi connectivity index (χ3v) is 5.76. The lowest BCUT2D eigenvalue weighted by Gasteiger charge is -2.28. The van der Waals surface area contributed by atoms with Crippen LogP contribution >= 0.6 is 23.4 Å². The Morgan fingerprint density at radius 1 is 1.10 bits per heavy atom. The molecule has 1 atom stereocenters. The Morgan fingerprint density at radius 3 is 2.41 bits per heavy atom. The Bertz CT molecular complexity index is 836. The third-order valence-electron chi connectivity index (χ3n) is 4.54. The Hall–Kier alpha value is -1.98. The van der Waals surface area contributed by atoms with Crippen LogP contribution in [-0.2, 0) is 21.9 Å². The molecule has 1 N–H and O–H groups in total. The van der Waals surface area contributed by atoms with Gasteiger partial charge in [-0.2, -0.15) is 0 Å². The van der Waals surface area contributed by atoms with Crippen LogP contribution in [0, 0.1) is 13.8 Å². The number of benzene rings is 2. The number of rotatable bonds is 9. The summed E-state index contributed by atoms with van der Waals surface area (Å²) < 4.78 is 0. The molecule has 0 aliphatic heterocycles. The maximum Gasteiger partial charge on any atom is 0.242 e. The van der Waals surface area contributed by atoms with E-state index in [9.17, 15) is 9.59 Å². The summed E-state index contributed by atoms with van der Waals surface area (Å²) in [5.41, 5.74) is 4.55. The van der Waals surface area contributed by atoms with Crippen molar-refractivity contribution >= 4 is 35.2 Å². The van der Waals surface area contributed by atoms with Crippen molar-refractivity contribution in [3.8, 4) is 0 Å². The molecule has 2 rings (SSSR count). The van der Waals surface area contributed by atoms with Crippen LogP contribution in [0.5, 0.6) is 0 Å². The number of nitrogens with zero attached hydrogens (tertiary/aromatic N) is 1. The lowest BCUT2D eigenvalue weighted by molar-refractivity contribution is -0.138. The van der Waals surface area contributed by atoms with Crippen molar-refractivity contribution in [1.29, 1.82) is 0 Å². The van der Waals surface area contributed by atoms with Crippen molar-refractivity contribution in [1.82, 2.24) is 10.2 Å². The number of nitrogens with one attached hydrogen (secondary N) is 1. The molecule has 0 radical (unpaired) electrons. The van der Waals surface area contributed by atoms with Gasteiger partial charge in [-0.05, 0) is 51.0 Å². The lowest BCUT2D eigenvalue weighted by Crippen LogP contribution is -2.48. The molecule has 0 bridgehead atoms. The van der Waals surface area contributed by atoms with Gasteiger partial charge in [0.25, 0.3) is 0 Å². The van der Waals surface area contributed by atoms with E-state index in [2.05, 4.69) is 37.4 Å². The number of carbonyl (C=O) groups excluding carboxylic acids is 2. The van der Waals surface area contributed by atoms with E-state index in [1.54, 1.807) is 29.7 Å². The van der Waals surface area contributed by atoms with E-state index >= 15 is 0 Å². The molecular weight excluding hydrogens is 404 g/mol.